The molecule has 2 amide bonds. The maximum Gasteiger partial charge on any atom is 0.411 e. The number of carbonyl (C=O) groups excluding carboxylic acids is 2. The summed E-state index contributed by atoms with van der Waals surface area (Å²) in [4.78, 5) is 38.8. The number of amides is 2. The van der Waals surface area contributed by atoms with Gasteiger partial charge in [-0.2, -0.15) is 4.68 Å². The Bertz CT molecular complexity index is 1790. The van der Waals surface area contributed by atoms with Crippen molar-refractivity contribution in [3.8, 4) is 16.8 Å². The molecule has 0 aliphatic heterocycles. The van der Waals surface area contributed by atoms with Crippen LogP contribution in [0.15, 0.2) is 96.2 Å². The van der Waals surface area contributed by atoms with E-state index < -0.39 is 29.4 Å². The average molecular weight is 602 g/mol. The first kappa shape index (κ1) is 29.1. The lowest BCUT2D eigenvalue weighted by Crippen LogP contribution is -2.34. The third kappa shape index (κ3) is 7.11. The summed E-state index contributed by atoms with van der Waals surface area (Å²) in [5, 5.41) is 17.1. The molecule has 0 bridgehead atoms. The molecule has 0 radical (unpaired) electrons. The largest absolute Gasteiger partial charge is 0.450 e. The molecule has 11 nitrogen and oxygen atoms in total. The van der Waals surface area contributed by atoms with Crippen molar-refractivity contribution in [2.75, 3.05) is 17.2 Å². The molecule has 0 spiro atoms. The van der Waals surface area contributed by atoms with Gasteiger partial charge in [0.05, 0.1) is 12.3 Å². The Morgan fingerprint density at radius 2 is 1.70 bits per heavy atom. The van der Waals surface area contributed by atoms with Crippen LogP contribution in [0.3, 0.4) is 0 Å². The number of hydrogen-bond donors (Lipinski definition) is 2. The lowest BCUT2D eigenvalue weighted by Gasteiger charge is -2.20. The number of ether oxygens (including phenoxy) is 1. The third-order valence-corrected chi connectivity index (χ3v) is 6.70. The summed E-state index contributed by atoms with van der Waals surface area (Å²) >= 11 is 6.27. The van der Waals surface area contributed by atoms with E-state index in [0.29, 0.717) is 38.8 Å². The van der Waals surface area contributed by atoms with Gasteiger partial charge in [0.1, 0.15) is 18.2 Å². The van der Waals surface area contributed by atoms with Crippen LogP contribution in [-0.2, 0) is 16.0 Å². The second-order valence-corrected chi connectivity index (χ2v) is 9.77. The predicted molar refractivity (Wildman–Crippen MR) is 159 cm³/mol. The molecule has 218 valence electrons. The molecule has 43 heavy (non-hydrogen) atoms. The Kier molecular flexibility index (Phi) is 8.87. The molecule has 5 rings (SSSR count). The van der Waals surface area contributed by atoms with Gasteiger partial charge >= 0.3 is 6.09 Å². The van der Waals surface area contributed by atoms with Gasteiger partial charge in [-0.3, -0.25) is 14.9 Å². The summed E-state index contributed by atoms with van der Waals surface area (Å²) in [6.45, 7) is 1.93. The van der Waals surface area contributed by atoms with Crippen LogP contribution in [-0.4, -0.2) is 43.4 Å². The molecule has 2 aromatic heterocycles. The lowest BCUT2D eigenvalue weighted by molar-refractivity contribution is -0.119. The summed E-state index contributed by atoms with van der Waals surface area (Å²) in [5.41, 5.74) is 2.89. The molecule has 0 fully saturated rings. The summed E-state index contributed by atoms with van der Waals surface area (Å²) in [5.74, 6) is -0.884. The van der Waals surface area contributed by atoms with Crippen molar-refractivity contribution < 1.29 is 18.7 Å². The molecule has 0 saturated carbocycles. The minimum Gasteiger partial charge on any atom is -0.450 e. The van der Waals surface area contributed by atoms with E-state index >= 15 is 0 Å². The van der Waals surface area contributed by atoms with Crippen LogP contribution in [0.4, 0.5) is 20.6 Å². The molecule has 0 aliphatic carbocycles. The van der Waals surface area contributed by atoms with Gasteiger partial charge in [0.25, 0.3) is 5.56 Å². The maximum absolute atomic E-state index is 13.6. The number of carbonyl (C=O) groups is 2. The van der Waals surface area contributed by atoms with E-state index in [9.17, 15) is 18.8 Å². The first-order chi connectivity index (χ1) is 20.8. The number of nitrogens with one attached hydrogen (secondary N) is 2. The standard InChI is InChI=1S/C30H25ClFN7O4/c1-2-43-30(42)35-24-10-8-23(9-11-24)34-29(41)27(15-19-3-6-22(32)7-4-19)38-14-13-20(16-28(38)40)25-17-21(31)5-12-26(25)39-18-33-36-37-39/h3-14,16-18,27H,2,15H2,1H3,(H,34,41)(H,35,42)/t27-/m0/s1. The zero-order chi connectivity index (χ0) is 30.3. The topological polar surface area (TPSA) is 133 Å². The highest BCUT2D eigenvalue weighted by Gasteiger charge is 2.23. The van der Waals surface area contributed by atoms with Gasteiger partial charge in [-0.15, -0.1) is 5.10 Å². The zero-order valence-electron chi connectivity index (χ0n) is 22.8. The van der Waals surface area contributed by atoms with E-state index in [1.807, 2.05) is 0 Å². The van der Waals surface area contributed by atoms with Crippen LogP contribution >= 0.6 is 11.6 Å². The number of hydrogen-bond acceptors (Lipinski definition) is 7. The third-order valence-electron chi connectivity index (χ3n) is 6.47. The fraction of sp³-hybridized carbons (Fsp3) is 0.133. The smallest absolute Gasteiger partial charge is 0.411 e. The molecule has 3 aromatic carbocycles. The monoisotopic (exact) mass is 601 g/mol. The van der Waals surface area contributed by atoms with Gasteiger partial charge in [0, 0.05) is 40.6 Å². The molecule has 0 aliphatic rings. The minimum absolute atomic E-state index is 0.112. The number of benzene rings is 3. The summed E-state index contributed by atoms with van der Waals surface area (Å²) < 4.78 is 21.2. The van der Waals surface area contributed by atoms with Crippen molar-refractivity contribution in [1.29, 1.82) is 0 Å². The van der Waals surface area contributed by atoms with Crippen LogP contribution in [0.1, 0.15) is 18.5 Å². The fourth-order valence-electron chi connectivity index (χ4n) is 4.43. The number of anilines is 2. The Balaban J connectivity index is 1.45. The van der Waals surface area contributed by atoms with Crippen LogP contribution < -0.4 is 16.2 Å². The van der Waals surface area contributed by atoms with Gasteiger partial charge < -0.3 is 14.6 Å². The summed E-state index contributed by atoms with van der Waals surface area (Å²) in [6.07, 6.45) is 2.48. The van der Waals surface area contributed by atoms with Gasteiger partial charge in [0.2, 0.25) is 5.91 Å². The van der Waals surface area contributed by atoms with E-state index in [4.69, 9.17) is 16.3 Å². The molecule has 1 atom stereocenters. The van der Waals surface area contributed by atoms with E-state index in [1.165, 1.54) is 40.0 Å². The first-order valence-electron chi connectivity index (χ1n) is 13.2. The summed E-state index contributed by atoms with van der Waals surface area (Å²) in [6, 6.07) is 19.4. The number of aromatic nitrogens is 5. The van der Waals surface area contributed by atoms with Gasteiger partial charge in [0.15, 0.2) is 0 Å². The van der Waals surface area contributed by atoms with Crippen molar-refractivity contribution in [3.05, 3.63) is 118 Å². The number of pyridine rings is 1. The van der Waals surface area contributed by atoms with Crippen molar-refractivity contribution in [3.63, 3.8) is 0 Å². The van der Waals surface area contributed by atoms with Crippen molar-refractivity contribution in [2.45, 2.75) is 19.4 Å². The highest BCUT2D eigenvalue weighted by Crippen LogP contribution is 2.29. The van der Waals surface area contributed by atoms with E-state index in [0.717, 1.165) is 0 Å². The molecule has 5 aromatic rings. The van der Waals surface area contributed by atoms with E-state index in [1.54, 1.807) is 67.6 Å². The van der Waals surface area contributed by atoms with Crippen molar-refractivity contribution in [2.24, 2.45) is 0 Å². The molecular formula is C30H25ClFN7O4. The van der Waals surface area contributed by atoms with E-state index in [2.05, 4.69) is 26.2 Å². The van der Waals surface area contributed by atoms with Crippen LogP contribution in [0.5, 0.6) is 0 Å². The van der Waals surface area contributed by atoms with Crippen molar-refractivity contribution in [1.82, 2.24) is 24.8 Å². The Labute approximate surface area is 249 Å². The average Bonchev–Trinajstić information content (AvgIpc) is 3.53. The minimum atomic E-state index is -0.984. The van der Waals surface area contributed by atoms with Crippen LogP contribution in [0.2, 0.25) is 5.02 Å². The normalized spacial score (nSPS) is 11.5. The highest BCUT2D eigenvalue weighted by atomic mass is 35.5. The van der Waals surface area contributed by atoms with Gasteiger partial charge in [-0.1, -0.05) is 23.7 Å². The number of halogens is 2. The molecule has 2 heterocycles. The van der Waals surface area contributed by atoms with Gasteiger partial charge in [-0.25, -0.2) is 9.18 Å². The number of nitrogens with zero attached hydrogens (tertiary/aromatic N) is 5. The molecular weight excluding hydrogens is 577 g/mol. The maximum atomic E-state index is 13.6. The second kappa shape index (κ2) is 13.1. The van der Waals surface area contributed by atoms with Gasteiger partial charge in [-0.05, 0) is 89.1 Å². The summed E-state index contributed by atoms with van der Waals surface area (Å²) in [7, 11) is 0. The second-order valence-electron chi connectivity index (χ2n) is 9.34. The van der Waals surface area contributed by atoms with Crippen LogP contribution in [0.25, 0.3) is 16.8 Å². The van der Waals surface area contributed by atoms with Crippen LogP contribution in [0, 0.1) is 5.82 Å². The Morgan fingerprint density at radius 3 is 2.35 bits per heavy atom. The lowest BCUT2D eigenvalue weighted by atomic mass is 10.0. The zero-order valence-corrected chi connectivity index (χ0v) is 23.5. The first-order valence-corrected chi connectivity index (χ1v) is 13.5. The van der Waals surface area contributed by atoms with E-state index in [-0.39, 0.29) is 13.0 Å². The number of rotatable bonds is 9. The highest BCUT2D eigenvalue weighted by molar-refractivity contribution is 6.31. The molecule has 0 saturated heterocycles. The predicted octanol–water partition coefficient (Wildman–Crippen LogP) is 5.27. The number of tetrazole rings is 1. The molecule has 13 heteroatoms. The Hall–Kier alpha value is -5.36. The molecule has 0 unspecified atom stereocenters. The quantitative estimate of drug-likeness (QED) is 0.235. The van der Waals surface area contributed by atoms with Crippen molar-refractivity contribution >= 4 is 35.0 Å². The molecule has 2 N–H and O–H groups in total. The SMILES string of the molecule is CCOC(=O)Nc1ccc(NC(=O)[C@H](Cc2ccc(F)cc2)n2ccc(-c3cc(Cl)ccc3-n3cnnn3)cc2=O)cc1. The Morgan fingerprint density at radius 1 is 0.977 bits per heavy atom. The fourth-order valence-corrected chi connectivity index (χ4v) is 4.61.